The molecule has 8 nitrogen and oxygen atoms in total. The fraction of sp³-hybridized carbons (Fsp3) is 0.261. The summed E-state index contributed by atoms with van der Waals surface area (Å²) in [4.78, 5) is 35.6. The first-order chi connectivity index (χ1) is 15.3. The molecule has 2 amide bonds. The molecule has 0 fully saturated rings. The summed E-state index contributed by atoms with van der Waals surface area (Å²) < 4.78 is 12.1. The average Bonchev–Trinajstić information content (AvgIpc) is 2.76. The summed E-state index contributed by atoms with van der Waals surface area (Å²) >= 11 is 2.06. The maximum Gasteiger partial charge on any atom is 0.414 e. The maximum atomic E-state index is 12.5. The smallest absolute Gasteiger partial charge is 0.414 e. The third-order valence-corrected chi connectivity index (χ3v) is 5.05. The van der Waals surface area contributed by atoms with Crippen LogP contribution in [-0.4, -0.2) is 40.9 Å². The van der Waals surface area contributed by atoms with Crippen LogP contribution >= 0.6 is 22.6 Å². The highest BCUT2D eigenvalue weighted by molar-refractivity contribution is 14.1. The molecule has 0 aromatic heterocycles. The molecule has 170 valence electrons. The number of allylic oxidation sites excluding steroid dienone is 1. The molecule has 32 heavy (non-hydrogen) atoms. The minimum Gasteiger partial charge on any atom is -0.508 e. The molecule has 0 radical (unpaired) electrons. The number of nitrogens with one attached hydrogen (secondary N) is 1. The van der Waals surface area contributed by atoms with Crippen molar-refractivity contribution < 1.29 is 34.1 Å². The van der Waals surface area contributed by atoms with Crippen LogP contribution in [0.15, 0.2) is 60.7 Å². The first-order valence-corrected chi connectivity index (χ1v) is 11.0. The Morgan fingerprint density at radius 2 is 1.88 bits per heavy atom. The largest absolute Gasteiger partial charge is 0.508 e. The second kappa shape index (κ2) is 12.8. The zero-order valence-electron chi connectivity index (χ0n) is 17.4. The second-order valence-electron chi connectivity index (χ2n) is 6.66. The number of aliphatic carboxylic acids is 1. The number of carbonyl (C=O) groups is 3. The Balaban J connectivity index is 2.26. The van der Waals surface area contributed by atoms with E-state index in [9.17, 15) is 19.5 Å². The Hall–Kier alpha value is -2.92. The number of aromatic hydroxyl groups is 1. The van der Waals surface area contributed by atoms with Crippen LogP contribution in [0.1, 0.15) is 41.8 Å². The summed E-state index contributed by atoms with van der Waals surface area (Å²) in [5.74, 6) is -1.79. The molecule has 0 aliphatic heterocycles. The standard InChI is InChI=1S/C23H24INO7/c1-2-31-19(10-6-7-11-20(27)28)21(17-14-16(24)12-13-18(17)26)32-23(30)25-22(29)15-8-4-3-5-9-15/h3-5,7-9,11-14,19,21,26H,2,6,10H2,1H3,(H,27,28)(H,25,29,30)/b11-7+/t19-,21-/m0/s1. The van der Waals surface area contributed by atoms with Crippen LogP contribution in [0.25, 0.3) is 0 Å². The van der Waals surface area contributed by atoms with Gasteiger partial charge in [-0.15, -0.1) is 0 Å². The molecule has 2 rings (SSSR count). The number of hydrogen-bond acceptors (Lipinski definition) is 6. The molecule has 3 N–H and O–H groups in total. The fourth-order valence-corrected chi connectivity index (χ4v) is 3.49. The summed E-state index contributed by atoms with van der Waals surface area (Å²) in [6.07, 6.45) is 0.421. The van der Waals surface area contributed by atoms with E-state index in [0.717, 1.165) is 9.65 Å². The van der Waals surface area contributed by atoms with Gasteiger partial charge in [-0.25, -0.2) is 9.59 Å². The number of carboxylic acid groups (broad SMARTS) is 1. The summed E-state index contributed by atoms with van der Waals surface area (Å²) in [5.41, 5.74) is 0.609. The van der Waals surface area contributed by atoms with E-state index in [4.69, 9.17) is 14.6 Å². The van der Waals surface area contributed by atoms with Gasteiger partial charge in [-0.05, 0) is 72.7 Å². The summed E-state index contributed by atoms with van der Waals surface area (Å²) in [5, 5.41) is 21.4. The lowest BCUT2D eigenvalue weighted by molar-refractivity contribution is -0.131. The zero-order valence-corrected chi connectivity index (χ0v) is 19.5. The van der Waals surface area contributed by atoms with Crippen molar-refractivity contribution in [2.24, 2.45) is 0 Å². The molecule has 2 atom stereocenters. The van der Waals surface area contributed by atoms with E-state index < -0.39 is 30.2 Å². The second-order valence-corrected chi connectivity index (χ2v) is 7.91. The van der Waals surface area contributed by atoms with Crippen LogP contribution in [0.5, 0.6) is 5.75 Å². The lowest BCUT2D eigenvalue weighted by Gasteiger charge is -2.27. The number of ether oxygens (including phenoxy) is 2. The van der Waals surface area contributed by atoms with Crippen LogP contribution in [0.2, 0.25) is 0 Å². The van der Waals surface area contributed by atoms with Crippen LogP contribution in [0.4, 0.5) is 4.79 Å². The van der Waals surface area contributed by atoms with Gasteiger partial charge in [0.05, 0.1) is 6.10 Å². The molecule has 0 bridgehead atoms. The van der Waals surface area contributed by atoms with E-state index >= 15 is 0 Å². The van der Waals surface area contributed by atoms with Crippen molar-refractivity contribution in [1.82, 2.24) is 5.32 Å². The number of phenols is 1. The molecule has 9 heteroatoms. The van der Waals surface area contributed by atoms with Gasteiger partial charge in [0.2, 0.25) is 0 Å². The molecule has 2 aromatic rings. The Morgan fingerprint density at radius 3 is 2.53 bits per heavy atom. The van der Waals surface area contributed by atoms with Gasteiger partial charge < -0.3 is 19.7 Å². The molecule has 0 aliphatic carbocycles. The van der Waals surface area contributed by atoms with Gasteiger partial charge in [0.25, 0.3) is 5.91 Å². The molecular formula is C23H24INO7. The average molecular weight is 553 g/mol. The van der Waals surface area contributed by atoms with Gasteiger partial charge >= 0.3 is 12.1 Å². The van der Waals surface area contributed by atoms with Crippen LogP contribution in [0, 0.1) is 3.57 Å². The minimum absolute atomic E-state index is 0.0941. The molecule has 0 aliphatic rings. The Morgan fingerprint density at radius 1 is 1.16 bits per heavy atom. The zero-order chi connectivity index (χ0) is 23.5. The minimum atomic E-state index is -1.07. The highest BCUT2D eigenvalue weighted by Gasteiger charge is 2.30. The Labute approximate surface area is 199 Å². The van der Waals surface area contributed by atoms with Crippen molar-refractivity contribution in [2.45, 2.75) is 32.0 Å². The summed E-state index contributed by atoms with van der Waals surface area (Å²) in [6.45, 7) is 2.06. The number of rotatable bonds is 10. The number of imide groups is 1. The van der Waals surface area contributed by atoms with Gasteiger partial charge in [0.1, 0.15) is 5.75 Å². The first kappa shape index (κ1) is 25.3. The monoisotopic (exact) mass is 553 g/mol. The highest BCUT2D eigenvalue weighted by atomic mass is 127. The molecular weight excluding hydrogens is 529 g/mol. The SMILES string of the molecule is CCO[C@@H](CC/C=C/C(=O)O)[C@@H](OC(=O)NC(=O)c1ccccc1)c1cc(I)ccc1O. The van der Waals surface area contributed by atoms with Crippen LogP contribution < -0.4 is 5.32 Å². The lowest BCUT2D eigenvalue weighted by atomic mass is 9.99. The van der Waals surface area contributed by atoms with Crippen molar-refractivity contribution in [3.8, 4) is 5.75 Å². The third-order valence-electron chi connectivity index (χ3n) is 4.38. The summed E-state index contributed by atoms with van der Waals surface area (Å²) in [7, 11) is 0. The molecule has 0 saturated carbocycles. The number of benzene rings is 2. The van der Waals surface area contributed by atoms with Crippen molar-refractivity contribution in [1.29, 1.82) is 0 Å². The van der Waals surface area contributed by atoms with E-state index in [1.807, 2.05) is 0 Å². The highest BCUT2D eigenvalue weighted by Crippen LogP contribution is 2.34. The molecule has 0 heterocycles. The van der Waals surface area contributed by atoms with Crippen molar-refractivity contribution in [2.75, 3.05) is 6.61 Å². The van der Waals surface area contributed by atoms with E-state index in [0.29, 0.717) is 30.6 Å². The van der Waals surface area contributed by atoms with Gasteiger partial charge in [0, 0.05) is 27.4 Å². The lowest BCUT2D eigenvalue weighted by Crippen LogP contribution is -2.35. The predicted octanol–water partition coefficient (Wildman–Crippen LogP) is 4.43. The number of phenolic OH excluding ortho intramolecular Hbond substituents is 1. The van der Waals surface area contributed by atoms with Crippen molar-refractivity contribution in [3.63, 3.8) is 0 Å². The van der Waals surface area contributed by atoms with E-state index in [2.05, 4.69) is 27.9 Å². The van der Waals surface area contributed by atoms with E-state index in [1.165, 1.54) is 12.1 Å². The van der Waals surface area contributed by atoms with Crippen molar-refractivity contribution >= 4 is 40.6 Å². The normalized spacial score (nSPS) is 12.8. The summed E-state index contributed by atoms with van der Waals surface area (Å²) in [6, 6.07) is 13.0. The van der Waals surface area contributed by atoms with Gasteiger partial charge in [-0.2, -0.15) is 0 Å². The van der Waals surface area contributed by atoms with E-state index in [-0.39, 0.29) is 5.75 Å². The molecule has 0 spiro atoms. The first-order valence-electron chi connectivity index (χ1n) is 9.88. The Bertz CT molecular complexity index is 962. The number of amides is 2. The Kier molecular flexibility index (Phi) is 10.2. The van der Waals surface area contributed by atoms with Gasteiger partial charge in [-0.1, -0.05) is 24.3 Å². The molecule has 0 unspecified atom stereocenters. The van der Waals surface area contributed by atoms with Crippen LogP contribution in [-0.2, 0) is 14.3 Å². The van der Waals surface area contributed by atoms with Gasteiger partial charge in [-0.3, -0.25) is 10.1 Å². The van der Waals surface area contributed by atoms with Crippen LogP contribution in [0.3, 0.4) is 0 Å². The van der Waals surface area contributed by atoms with Gasteiger partial charge in [0.15, 0.2) is 6.10 Å². The molecule has 2 aromatic carbocycles. The maximum absolute atomic E-state index is 12.5. The number of alkyl carbamates (subject to hydrolysis) is 1. The molecule has 0 saturated heterocycles. The number of hydrogen-bond donors (Lipinski definition) is 3. The number of carbonyl (C=O) groups excluding carboxylic acids is 2. The predicted molar refractivity (Wildman–Crippen MR) is 125 cm³/mol. The fourth-order valence-electron chi connectivity index (χ4n) is 2.97. The third kappa shape index (κ3) is 7.97. The number of carboxylic acids is 1. The topological polar surface area (TPSA) is 122 Å². The van der Waals surface area contributed by atoms with E-state index in [1.54, 1.807) is 49.4 Å². The number of halogens is 1. The van der Waals surface area contributed by atoms with Crippen molar-refractivity contribution in [3.05, 3.63) is 75.4 Å². The quantitative estimate of drug-likeness (QED) is 0.294.